The zero-order chi connectivity index (χ0) is 24.6. The molecular weight excluding hydrogens is 458 g/mol. The maximum atomic E-state index is 14.0. The molecule has 3 aromatic carbocycles. The summed E-state index contributed by atoms with van der Waals surface area (Å²) in [5, 5.41) is 2.93. The molecule has 0 radical (unpaired) electrons. The number of hydrogen-bond donors (Lipinski definition) is 1. The van der Waals surface area contributed by atoms with Crippen molar-refractivity contribution in [3.8, 4) is 0 Å². The molecule has 178 valence electrons. The molecule has 2 aliphatic heterocycles. The average molecular weight is 486 g/mol. The highest BCUT2D eigenvalue weighted by Crippen LogP contribution is 2.55. The third-order valence-corrected chi connectivity index (χ3v) is 7.79. The van der Waals surface area contributed by atoms with Crippen molar-refractivity contribution in [1.29, 1.82) is 0 Å². The van der Waals surface area contributed by atoms with Crippen LogP contribution in [-0.2, 0) is 25.7 Å². The van der Waals surface area contributed by atoms with Gasteiger partial charge in [-0.25, -0.2) is 0 Å². The SMILES string of the molecule is Cc1cc(C)cc(N2C(=O)CS[C@@]23C(=O)N(CC(=O)NCCc2ccccc2)c2ccccc23)c1. The van der Waals surface area contributed by atoms with Gasteiger partial charge in [0.1, 0.15) is 6.54 Å². The number of amides is 3. The minimum absolute atomic E-state index is 0.0954. The summed E-state index contributed by atoms with van der Waals surface area (Å²) >= 11 is 1.33. The van der Waals surface area contributed by atoms with Crippen LogP contribution in [0.4, 0.5) is 11.4 Å². The lowest BCUT2D eigenvalue weighted by atomic mass is 10.0. The molecule has 3 aromatic rings. The molecule has 1 fully saturated rings. The Kier molecular flexibility index (Phi) is 6.11. The van der Waals surface area contributed by atoms with Crippen molar-refractivity contribution in [1.82, 2.24) is 5.32 Å². The second kappa shape index (κ2) is 9.23. The molecule has 0 aromatic heterocycles. The first-order valence-electron chi connectivity index (χ1n) is 11.7. The second-order valence-corrected chi connectivity index (χ2v) is 10.2. The quantitative estimate of drug-likeness (QED) is 0.574. The van der Waals surface area contributed by atoms with E-state index >= 15 is 0 Å². The molecule has 2 heterocycles. The Morgan fingerprint density at radius 2 is 1.66 bits per heavy atom. The van der Waals surface area contributed by atoms with E-state index in [1.54, 1.807) is 4.90 Å². The molecule has 0 bridgehead atoms. The van der Waals surface area contributed by atoms with Gasteiger partial charge < -0.3 is 5.32 Å². The molecule has 1 saturated heterocycles. The lowest BCUT2D eigenvalue weighted by molar-refractivity contribution is -0.125. The Hall–Kier alpha value is -3.58. The summed E-state index contributed by atoms with van der Waals surface area (Å²) in [6.45, 7) is 4.35. The fourth-order valence-electron chi connectivity index (χ4n) is 4.98. The van der Waals surface area contributed by atoms with Crippen molar-refractivity contribution in [2.75, 3.05) is 28.6 Å². The van der Waals surface area contributed by atoms with Gasteiger partial charge in [0, 0.05) is 17.8 Å². The third-order valence-electron chi connectivity index (χ3n) is 6.41. The zero-order valence-corrected chi connectivity index (χ0v) is 20.6. The summed E-state index contributed by atoms with van der Waals surface area (Å²) in [7, 11) is 0. The minimum Gasteiger partial charge on any atom is -0.354 e. The summed E-state index contributed by atoms with van der Waals surface area (Å²) < 4.78 is 0. The number of benzene rings is 3. The van der Waals surface area contributed by atoms with E-state index in [1.807, 2.05) is 86.6 Å². The van der Waals surface area contributed by atoms with E-state index in [0.717, 1.165) is 22.3 Å². The van der Waals surface area contributed by atoms with Crippen molar-refractivity contribution in [3.05, 3.63) is 95.1 Å². The number of anilines is 2. The summed E-state index contributed by atoms with van der Waals surface area (Å²) in [5.41, 5.74) is 5.31. The maximum Gasteiger partial charge on any atom is 0.269 e. The largest absolute Gasteiger partial charge is 0.354 e. The number of carbonyl (C=O) groups is 3. The molecule has 1 spiro atoms. The molecule has 0 aliphatic carbocycles. The van der Waals surface area contributed by atoms with Gasteiger partial charge in [-0.15, -0.1) is 11.8 Å². The van der Waals surface area contributed by atoms with Crippen molar-refractivity contribution >= 4 is 40.9 Å². The third kappa shape index (κ3) is 4.10. The Labute approximate surface area is 209 Å². The van der Waals surface area contributed by atoms with E-state index in [9.17, 15) is 14.4 Å². The van der Waals surface area contributed by atoms with E-state index in [2.05, 4.69) is 5.32 Å². The van der Waals surface area contributed by atoms with Crippen molar-refractivity contribution < 1.29 is 14.4 Å². The van der Waals surface area contributed by atoms with Gasteiger partial charge in [-0.3, -0.25) is 24.2 Å². The Balaban J connectivity index is 1.43. The van der Waals surface area contributed by atoms with Gasteiger partial charge in [-0.1, -0.05) is 54.6 Å². The number of nitrogens with one attached hydrogen (secondary N) is 1. The highest BCUT2D eigenvalue weighted by Gasteiger charge is 2.61. The van der Waals surface area contributed by atoms with Gasteiger partial charge in [0.05, 0.1) is 11.4 Å². The molecule has 0 saturated carbocycles. The summed E-state index contributed by atoms with van der Waals surface area (Å²) in [5.74, 6) is -0.401. The predicted octanol–water partition coefficient (Wildman–Crippen LogP) is 3.94. The van der Waals surface area contributed by atoms with E-state index in [0.29, 0.717) is 24.3 Å². The zero-order valence-electron chi connectivity index (χ0n) is 19.8. The van der Waals surface area contributed by atoms with Gasteiger partial charge in [0.2, 0.25) is 16.7 Å². The van der Waals surface area contributed by atoms with Crippen LogP contribution in [0.1, 0.15) is 22.3 Å². The van der Waals surface area contributed by atoms with Crippen LogP contribution >= 0.6 is 11.8 Å². The van der Waals surface area contributed by atoms with Gasteiger partial charge in [0.25, 0.3) is 5.91 Å². The van der Waals surface area contributed by atoms with E-state index in [-0.39, 0.29) is 30.0 Å². The minimum atomic E-state index is -1.21. The van der Waals surface area contributed by atoms with E-state index < -0.39 is 4.87 Å². The number of rotatable bonds is 6. The molecule has 7 heteroatoms. The van der Waals surface area contributed by atoms with Gasteiger partial charge >= 0.3 is 0 Å². The van der Waals surface area contributed by atoms with Crippen LogP contribution in [0.3, 0.4) is 0 Å². The molecule has 2 aliphatic rings. The van der Waals surface area contributed by atoms with Crippen LogP contribution in [0.5, 0.6) is 0 Å². The van der Waals surface area contributed by atoms with Crippen LogP contribution in [-0.4, -0.2) is 36.6 Å². The number of thioether (sulfide) groups is 1. The number of fused-ring (bicyclic) bond motifs is 2. The number of nitrogens with zero attached hydrogens (tertiary/aromatic N) is 2. The van der Waals surface area contributed by atoms with Crippen LogP contribution in [0.2, 0.25) is 0 Å². The van der Waals surface area contributed by atoms with E-state index in [4.69, 9.17) is 0 Å². The van der Waals surface area contributed by atoms with Crippen LogP contribution in [0.15, 0.2) is 72.8 Å². The van der Waals surface area contributed by atoms with Crippen LogP contribution < -0.4 is 15.1 Å². The fourth-order valence-corrected chi connectivity index (χ4v) is 6.34. The lowest BCUT2D eigenvalue weighted by Gasteiger charge is -2.33. The number of aryl methyl sites for hydroxylation is 2. The first-order chi connectivity index (χ1) is 16.9. The lowest BCUT2D eigenvalue weighted by Crippen LogP contribution is -2.51. The maximum absolute atomic E-state index is 14.0. The Morgan fingerprint density at radius 3 is 2.40 bits per heavy atom. The van der Waals surface area contributed by atoms with Gasteiger partial charge in [0.15, 0.2) is 0 Å². The Bertz CT molecular complexity index is 1290. The topological polar surface area (TPSA) is 69.7 Å². The van der Waals surface area contributed by atoms with Crippen molar-refractivity contribution in [2.24, 2.45) is 0 Å². The molecule has 6 nitrogen and oxygen atoms in total. The smallest absolute Gasteiger partial charge is 0.269 e. The number of carbonyl (C=O) groups excluding carboxylic acids is 3. The first kappa shape index (κ1) is 23.2. The average Bonchev–Trinajstić information content (AvgIpc) is 3.30. The molecule has 5 rings (SSSR count). The summed E-state index contributed by atoms with van der Waals surface area (Å²) in [6, 6.07) is 23.3. The van der Waals surface area contributed by atoms with Crippen molar-refractivity contribution in [3.63, 3.8) is 0 Å². The second-order valence-electron chi connectivity index (χ2n) is 9.00. The standard InChI is InChI=1S/C28H27N3O3S/c1-19-14-20(2)16-22(15-19)31-26(33)18-35-28(31)23-10-6-7-11-24(23)30(27(28)34)17-25(32)29-13-12-21-8-4-3-5-9-21/h3-11,14-16H,12-13,17-18H2,1-2H3,(H,29,32)/t28-/m0/s1. The van der Waals surface area contributed by atoms with Gasteiger partial charge in [-0.05, 0) is 55.2 Å². The normalized spacial score (nSPS) is 18.9. The summed E-state index contributed by atoms with van der Waals surface area (Å²) in [4.78, 5) is 42.0. The number of para-hydroxylation sites is 1. The molecule has 1 N–H and O–H groups in total. The predicted molar refractivity (Wildman–Crippen MR) is 139 cm³/mol. The highest BCUT2D eigenvalue weighted by molar-refractivity contribution is 8.02. The molecule has 1 atom stereocenters. The Morgan fingerprint density at radius 1 is 0.971 bits per heavy atom. The monoisotopic (exact) mass is 485 g/mol. The molecule has 3 amide bonds. The molecular formula is C28H27N3O3S. The van der Waals surface area contributed by atoms with Crippen LogP contribution in [0.25, 0.3) is 0 Å². The fraction of sp³-hybridized carbons (Fsp3) is 0.250. The molecule has 0 unspecified atom stereocenters. The van der Waals surface area contributed by atoms with Gasteiger partial charge in [-0.2, -0.15) is 0 Å². The molecule has 35 heavy (non-hydrogen) atoms. The van der Waals surface area contributed by atoms with Crippen molar-refractivity contribution in [2.45, 2.75) is 25.1 Å². The van der Waals surface area contributed by atoms with E-state index in [1.165, 1.54) is 16.7 Å². The summed E-state index contributed by atoms with van der Waals surface area (Å²) in [6.07, 6.45) is 0.714. The number of hydrogen-bond acceptors (Lipinski definition) is 4. The first-order valence-corrected chi connectivity index (χ1v) is 12.7. The van der Waals surface area contributed by atoms with Crippen LogP contribution in [0, 0.1) is 13.8 Å². The highest BCUT2D eigenvalue weighted by atomic mass is 32.2.